The number of hydrogen-bond acceptors (Lipinski definition) is 5. The van der Waals surface area contributed by atoms with Crippen molar-refractivity contribution < 1.29 is 17.5 Å². The summed E-state index contributed by atoms with van der Waals surface area (Å²) in [7, 11) is -3.88. The van der Waals surface area contributed by atoms with Crippen molar-refractivity contribution in [2.75, 3.05) is 11.3 Å². The van der Waals surface area contributed by atoms with Gasteiger partial charge >= 0.3 is 0 Å². The lowest BCUT2D eigenvalue weighted by Gasteiger charge is -2.10. The number of anilines is 1. The Balaban J connectivity index is 1.66. The fourth-order valence-electron chi connectivity index (χ4n) is 2.10. The molecule has 0 radical (unpaired) electrons. The molecule has 7 nitrogen and oxygen atoms in total. The second-order valence-corrected chi connectivity index (χ2v) is 6.78. The minimum atomic E-state index is -3.88. The Kier molecular flexibility index (Phi) is 4.94. The van der Waals surface area contributed by atoms with Crippen LogP contribution in [-0.4, -0.2) is 29.8 Å². The van der Waals surface area contributed by atoms with E-state index in [0.717, 1.165) is 6.07 Å². The van der Waals surface area contributed by atoms with Crippen molar-refractivity contribution in [3.63, 3.8) is 0 Å². The number of hydrogen-bond donors (Lipinski definition) is 1. The molecule has 25 heavy (non-hydrogen) atoms. The van der Waals surface area contributed by atoms with Crippen LogP contribution in [0.2, 0.25) is 0 Å². The summed E-state index contributed by atoms with van der Waals surface area (Å²) in [6.07, 6.45) is 3.01. The third kappa shape index (κ3) is 4.54. The lowest BCUT2D eigenvalue weighted by atomic mass is 10.3. The van der Waals surface area contributed by atoms with Gasteiger partial charge in [0.25, 0.3) is 10.0 Å². The molecule has 3 rings (SSSR count). The van der Waals surface area contributed by atoms with Crippen LogP contribution in [0.3, 0.4) is 0 Å². The zero-order valence-electron chi connectivity index (χ0n) is 13.0. The van der Waals surface area contributed by atoms with E-state index in [4.69, 9.17) is 4.74 Å². The SMILES string of the molecule is O=S(=O)(Nc1cccc(OCCn2cncn2)c1)c1cccc(F)c1. The molecule has 0 amide bonds. The average Bonchev–Trinajstić information content (AvgIpc) is 3.08. The van der Waals surface area contributed by atoms with Gasteiger partial charge < -0.3 is 4.74 Å². The van der Waals surface area contributed by atoms with Crippen molar-refractivity contribution in [2.24, 2.45) is 0 Å². The Morgan fingerprint density at radius 2 is 2.00 bits per heavy atom. The van der Waals surface area contributed by atoms with Crippen molar-refractivity contribution in [3.8, 4) is 5.75 Å². The predicted molar refractivity (Wildman–Crippen MR) is 89.2 cm³/mol. The first-order chi connectivity index (χ1) is 12.0. The number of ether oxygens (including phenoxy) is 1. The number of sulfonamides is 1. The van der Waals surface area contributed by atoms with Crippen molar-refractivity contribution in [2.45, 2.75) is 11.4 Å². The lowest BCUT2D eigenvalue weighted by Crippen LogP contribution is -2.13. The second-order valence-electron chi connectivity index (χ2n) is 5.10. The number of halogens is 1. The average molecular weight is 362 g/mol. The van der Waals surface area contributed by atoms with Gasteiger partial charge in [-0.3, -0.25) is 4.72 Å². The van der Waals surface area contributed by atoms with Crippen molar-refractivity contribution in [1.29, 1.82) is 0 Å². The first-order valence-electron chi connectivity index (χ1n) is 7.37. The summed E-state index contributed by atoms with van der Waals surface area (Å²) in [5, 5.41) is 3.96. The highest BCUT2D eigenvalue weighted by Crippen LogP contribution is 2.21. The molecule has 3 aromatic rings. The summed E-state index contributed by atoms with van der Waals surface area (Å²) in [5.41, 5.74) is 0.322. The third-order valence-electron chi connectivity index (χ3n) is 3.25. The molecular weight excluding hydrogens is 347 g/mol. The first kappa shape index (κ1) is 16.9. The Morgan fingerprint density at radius 3 is 2.76 bits per heavy atom. The minimum Gasteiger partial charge on any atom is -0.492 e. The molecule has 0 fully saturated rings. The van der Waals surface area contributed by atoms with Crippen LogP contribution in [0.4, 0.5) is 10.1 Å². The van der Waals surface area contributed by atoms with E-state index in [9.17, 15) is 12.8 Å². The molecule has 0 aliphatic heterocycles. The van der Waals surface area contributed by atoms with Gasteiger partial charge in [-0.25, -0.2) is 22.5 Å². The first-order valence-corrected chi connectivity index (χ1v) is 8.85. The maximum atomic E-state index is 13.2. The van der Waals surface area contributed by atoms with Crippen LogP contribution in [0.1, 0.15) is 0 Å². The van der Waals surface area contributed by atoms with Crippen LogP contribution in [0, 0.1) is 5.82 Å². The van der Waals surface area contributed by atoms with E-state index in [1.165, 1.54) is 24.5 Å². The highest BCUT2D eigenvalue weighted by molar-refractivity contribution is 7.92. The Morgan fingerprint density at radius 1 is 1.16 bits per heavy atom. The molecule has 0 saturated heterocycles. The van der Waals surface area contributed by atoms with Gasteiger partial charge in [-0.2, -0.15) is 5.10 Å². The predicted octanol–water partition coefficient (Wildman–Crippen LogP) is 2.30. The van der Waals surface area contributed by atoms with Gasteiger partial charge in [-0.15, -0.1) is 0 Å². The molecule has 0 atom stereocenters. The lowest BCUT2D eigenvalue weighted by molar-refractivity contribution is 0.291. The van der Waals surface area contributed by atoms with E-state index in [2.05, 4.69) is 14.8 Å². The molecule has 1 aromatic heterocycles. The van der Waals surface area contributed by atoms with Gasteiger partial charge in [-0.05, 0) is 30.3 Å². The fraction of sp³-hybridized carbons (Fsp3) is 0.125. The molecule has 0 saturated carbocycles. The Bertz CT molecular complexity index is 946. The Hall–Kier alpha value is -2.94. The van der Waals surface area contributed by atoms with Crippen LogP contribution < -0.4 is 9.46 Å². The number of rotatable bonds is 7. The summed E-state index contributed by atoms with van der Waals surface area (Å²) < 4.78 is 47.4. The number of aromatic nitrogens is 3. The number of nitrogens with one attached hydrogen (secondary N) is 1. The van der Waals surface area contributed by atoms with Crippen molar-refractivity contribution in [3.05, 3.63) is 67.0 Å². The maximum absolute atomic E-state index is 13.2. The largest absolute Gasteiger partial charge is 0.492 e. The third-order valence-corrected chi connectivity index (χ3v) is 4.63. The maximum Gasteiger partial charge on any atom is 0.261 e. The van der Waals surface area contributed by atoms with Crippen LogP contribution in [-0.2, 0) is 16.6 Å². The molecule has 1 heterocycles. The van der Waals surface area contributed by atoms with E-state index in [0.29, 0.717) is 24.6 Å². The van der Waals surface area contributed by atoms with Crippen LogP contribution >= 0.6 is 0 Å². The molecule has 1 N–H and O–H groups in total. The summed E-state index contributed by atoms with van der Waals surface area (Å²) in [4.78, 5) is 3.68. The molecule has 0 aliphatic rings. The fourth-order valence-corrected chi connectivity index (χ4v) is 3.18. The quantitative estimate of drug-likeness (QED) is 0.697. The van der Waals surface area contributed by atoms with Gasteiger partial charge in [0.05, 0.1) is 17.1 Å². The highest BCUT2D eigenvalue weighted by Gasteiger charge is 2.15. The van der Waals surface area contributed by atoms with Crippen molar-refractivity contribution in [1.82, 2.24) is 14.8 Å². The zero-order chi connectivity index (χ0) is 17.7. The van der Waals surface area contributed by atoms with Crippen molar-refractivity contribution >= 4 is 15.7 Å². The van der Waals surface area contributed by atoms with Gasteiger partial charge in [0.1, 0.15) is 30.8 Å². The van der Waals surface area contributed by atoms with E-state index in [-0.39, 0.29) is 4.90 Å². The Labute approximate surface area is 144 Å². The molecule has 0 spiro atoms. The van der Waals surface area contributed by atoms with Crippen LogP contribution in [0.15, 0.2) is 66.1 Å². The topological polar surface area (TPSA) is 86.1 Å². The second kappa shape index (κ2) is 7.31. The van der Waals surface area contributed by atoms with Crippen LogP contribution in [0.25, 0.3) is 0 Å². The van der Waals surface area contributed by atoms with Gasteiger partial charge in [-0.1, -0.05) is 12.1 Å². The summed E-state index contributed by atoms with van der Waals surface area (Å²) >= 11 is 0. The zero-order valence-corrected chi connectivity index (χ0v) is 13.9. The summed E-state index contributed by atoms with van der Waals surface area (Å²) in [6, 6.07) is 11.3. The minimum absolute atomic E-state index is 0.148. The van der Waals surface area contributed by atoms with E-state index in [1.54, 1.807) is 35.3 Å². The van der Waals surface area contributed by atoms with Gasteiger partial charge in [0.15, 0.2) is 0 Å². The van der Waals surface area contributed by atoms with Crippen LogP contribution in [0.5, 0.6) is 5.75 Å². The molecule has 130 valence electrons. The summed E-state index contributed by atoms with van der Waals surface area (Å²) in [5.74, 6) is -0.118. The molecule has 9 heteroatoms. The van der Waals surface area contributed by atoms with Gasteiger partial charge in [0.2, 0.25) is 0 Å². The molecular formula is C16H15FN4O3S. The summed E-state index contributed by atoms with van der Waals surface area (Å²) in [6.45, 7) is 0.864. The standard InChI is InChI=1S/C16H15FN4O3S/c17-13-3-1-6-16(9-13)25(22,23)20-14-4-2-5-15(10-14)24-8-7-21-12-18-11-19-21/h1-6,9-12,20H,7-8H2. The monoisotopic (exact) mass is 362 g/mol. The van der Waals surface area contributed by atoms with E-state index in [1.807, 2.05) is 0 Å². The molecule has 0 aliphatic carbocycles. The van der Waals surface area contributed by atoms with E-state index >= 15 is 0 Å². The smallest absolute Gasteiger partial charge is 0.261 e. The van der Waals surface area contributed by atoms with E-state index < -0.39 is 15.8 Å². The normalized spacial score (nSPS) is 11.2. The molecule has 0 unspecified atom stereocenters. The highest BCUT2D eigenvalue weighted by atomic mass is 32.2. The van der Waals surface area contributed by atoms with Gasteiger partial charge in [0, 0.05) is 6.07 Å². The molecule has 0 bridgehead atoms. The number of benzene rings is 2. The number of nitrogens with zero attached hydrogens (tertiary/aromatic N) is 3. The molecule has 2 aromatic carbocycles.